The van der Waals surface area contributed by atoms with Crippen molar-refractivity contribution >= 4 is 34.4 Å². The van der Waals surface area contributed by atoms with E-state index >= 15 is 0 Å². The molecule has 0 bridgehead atoms. The van der Waals surface area contributed by atoms with Crippen LogP contribution in [0.25, 0.3) is 16.6 Å². The van der Waals surface area contributed by atoms with Crippen molar-refractivity contribution in [2.24, 2.45) is 10.7 Å². The molecule has 0 aliphatic carbocycles. The molecule has 3 aromatic heterocycles. The first-order valence-electron chi connectivity index (χ1n) is 7.53. The van der Waals surface area contributed by atoms with Crippen LogP contribution in [0.5, 0.6) is 5.75 Å². The molecule has 7 heteroatoms. The predicted molar refractivity (Wildman–Crippen MR) is 99.8 cm³/mol. The largest absolute Gasteiger partial charge is 0.487 e. The van der Waals surface area contributed by atoms with Crippen molar-refractivity contribution in [1.29, 1.82) is 0 Å². The van der Waals surface area contributed by atoms with Gasteiger partial charge >= 0.3 is 0 Å². The third-order valence-corrected chi connectivity index (χ3v) is 3.67. The third kappa shape index (κ3) is 4.10. The van der Waals surface area contributed by atoms with Gasteiger partial charge < -0.3 is 10.5 Å². The third-order valence-electron chi connectivity index (χ3n) is 3.46. The monoisotopic (exact) mass is 353 g/mol. The van der Waals surface area contributed by atoms with E-state index in [1.807, 2.05) is 12.1 Å². The van der Waals surface area contributed by atoms with Crippen molar-refractivity contribution in [3.05, 3.63) is 65.3 Å². The van der Waals surface area contributed by atoms with Gasteiger partial charge in [-0.3, -0.25) is 15.0 Å². The van der Waals surface area contributed by atoms with Gasteiger partial charge in [-0.15, -0.1) is 0 Å². The number of rotatable bonds is 5. The minimum Gasteiger partial charge on any atom is -0.487 e. The van der Waals surface area contributed by atoms with Crippen LogP contribution in [0.3, 0.4) is 0 Å². The molecule has 0 aromatic carbocycles. The highest BCUT2D eigenvalue weighted by molar-refractivity contribution is 6.29. The van der Waals surface area contributed by atoms with Crippen molar-refractivity contribution in [1.82, 2.24) is 15.0 Å². The van der Waals surface area contributed by atoms with Gasteiger partial charge in [-0.05, 0) is 30.3 Å². The van der Waals surface area contributed by atoms with Gasteiger partial charge in [0.15, 0.2) is 0 Å². The lowest BCUT2D eigenvalue weighted by Crippen LogP contribution is -2.13. The molecule has 6 nitrogen and oxygen atoms in total. The van der Waals surface area contributed by atoms with Crippen molar-refractivity contribution in [3.8, 4) is 5.75 Å². The van der Waals surface area contributed by atoms with Crippen LogP contribution in [0.15, 0.2) is 59.6 Å². The molecule has 0 saturated heterocycles. The van der Waals surface area contributed by atoms with Crippen LogP contribution in [0, 0.1) is 0 Å². The van der Waals surface area contributed by atoms with Crippen LogP contribution in [0.1, 0.15) is 5.56 Å². The Morgan fingerprint density at radius 1 is 1.24 bits per heavy atom. The molecule has 25 heavy (non-hydrogen) atoms. The van der Waals surface area contributed by atoms with Gasteiger partial charge in [-0.25, -0.2) is 4.98 Å². The number of halogens is 1. The zero-order chi connectivity index (χ0) is 17.6. The summed E-state index contributed by atoms with van der Waals surface area (Å²) >= 11 is 5.96. The van der Waals surface area contributed by atoms with E-state index in [4.69, 9.17) is 22.1 Å². The van der Waals surface area contributed by atoms with Crippen molar-refractivity contribution in [2.45, 2.75) is 0 Å². The Morgan fingerprint density at radius 3 is 2.80 bits per heavy atom. The summed E-state index contributed by atoms with van der Waals surface area (Å²) in [5.74, 6) is 0.691. The highest BCUT2D eigenvalue weighted by atomic mass is 35.5. The van der Waals surface area contributed by atoms with E-state index in [9.17, 15) is 0 Å². The van der Waals surface area contributed by atoms with Crippen LogP contribution >= 0.6 is 11.6 Å². The van der Waals surface area contributed by atoms with Crippen LogP contribution < -0.4 is 10.5 Å². The molecular weight excluding hydrogens is 338 g/mol. The molecule has 3 aromatic rings. The topological polar surface area (TPSA) is 86.3 Å². The second-order valence-electron chi connectivity index (χ2n) is 5.19. The van der Waals surface area contributed by atoms with Crippen molar-refractivity contribution < 1.29 is 4.74 Å². The summed E-state index contributed by atoms with van der Waals surface area (Å²) in [6, 6.07) is 8.94. The Kier molecular flexibility index (Phi) is 5.20. The number of fused-ring (bicyclic) bond motifs is 1. The van der Waals surface area contributed by atoms with Gasteiger partial charge in [0, 0.05) is 43.0 Å². The van der Waals surface area contributed by atoms with Crippen LogP contribution in [0.4, 0.5) is 0 Å². The summed E-state index contributed by atoms with van der Waals surface area (Å²) < 4.78 is 5.68. The fourth-order valence-electron chi connectivity index (χ4n) is 2.27. The van der Waals surface area contributed by atoms with Crippen molar-refractivity contribution in [3.63, 3.8) is 0 Å². The van der Waals surface area contributed by atoms with Gasteiger partial charge in [0.2, 0.25) is 0 Å². The summed E-state index contributed by atoms with van der Waals surface area (Å²) in [7, 11) is 1.68. The Hall–Kier alpha value is -2.99. The first-order chi connectivity index (χ1) is 12.2. The lowest BCUT2D eigenvalue weighted by molar-refractivity contribution is 0.351. The number of nitrogens with zero attached hydrogens (tertiary/aromatic N) is 4. The number of pyridine rings is 3. The summed E-state index contributed by atoms with van der Waals surface area (Å²) in [6.07, 6.45) is 6.73. The standard InChI is InChI=1S/C18H16ClN5O/c1-21-10-14(15(20)11-25-13-4-6-22-7-5-13)12-8-17-16(23-9-12)2-3-18(19)24-17/h2-10H,11,20H2,1H3. The number of nitrogens with two attached hydrogens (primary N) is 1. The minimum atomic E-state index is 0.215. The Balaban J connectivity index is 1.93. The molecule has 2 N–H and O–H groups in total. The molecule has 0 atom stereocenters. The maximum absolute atomic E-state index is 6.23. The lowest BCUT2D eigenvalue weighted by Gasteiger charge is -2.11. The normalized spacial score (nSPS) is 12.4. The molecule has 126 valence electrons. The van der Waals surface area contributed by atoms with Crippen LogP contribution in [-0.2, 0) is 0 Å². The second kappa shape index (κ2) is 7.72. The average molecular weight is 354 g/mol. The molecule has 0 fully saturated rings. The number of allylic oxidation sites excluding steroid dienone is 1. The predicted octanol–water partition coefficient (Wildman–Crippen LogP) is 3.13. The van der Waals surface area contributed by atoms with E-state index in [-0.39, 0.29) is 6.61 Å². The molecule has 0 aliphatic heterocycles. The van der Waals surface area contributed by atoms with Gasteiger partial charge in [0.1, 0.15) is 17.5 Å². The SMILES string of the molecule is CN=CC(=C(N)COc1ccncc1)c1cnc2ccc(Cl)nc2c1. The van der Waals surface area contributed by atoms with Gasteiger partial charge in [-0.1, -0.05) is 11.6 Å². The zero-order valence-corrected chi connectivity index (χ0v) is 14.3. The molecule has 3 heterocycles. The van der Waals surface area contributed by atoms with E-state index in [1.54, 1.807) is 50.1 Å². The molecule has 0 amide bonds. The number of ether oxygens (including phenoxy) is 1. The van der Waals surface area contributed by atoms with Gasteiger partial charge in [0.05, 0.1) is 16.7 Å². The highest BCUT2D eigenvalue weighted by Crippen LogP contribution is 2.20. The Labute approximate surface area is 150 Å². The molecule has 0 aliphatic rings. The fourth-order valence-corrected chi connectivity index (χ4v) is 2.43. The number of aromatic nitrogens is 3. The number of aliphatic imine (C=N–C) groups is 1. The first kappa shape index (κ1) is 16.9. The minimum absolute atomic E-state index is 0.215. The first-order valence-corrected chi connectivity index (χ1v) is 7.91. The lowest BCUT2D eigenvalue weighted by atomic mass is 10.1. The average Bonchev–Trinajstić information content (AvgIpc) is 2.64. The van der Waals surface area contributed by atoms with Crippen molar-refractivity contribution in [2.75, 3.05) is 13.7 Å². The highest BCUT2D eigenvalue weighted by Gasteiger charge is 2.09. The van der Waals surface area contributed by atoms with Crippen LogP contribution in [-0.4, -0.2) is 34.8 Å². The zero-order valence-electron chi connectivity index (χ0n) is 13.6. The molecule has 0 unspecified atom stereocenters. The van der Waals surface area contributed by atoms with E-state index in [0.29, 0.717) is 22.1 Å². The summed E-state index contributed by atoms with van der Waals surface area (Å²) in [6.45, 7) is 0.215. The van der Waals surface area contributed by atoms with Crippen LogP contribution in [0.2, 0.25) is 5.15 Å². The molecular formula is C18H16ClN5O. The number of hydrogen-bond donors (Lipinski definition) is 1. The maximum Gasteiger partial charge on any atom is 0.129 e. The van der Waals surface area contributed by atoms with Gasteiger partial charge in [0.25, 0.3) is 0 Å². The Morgan fingerprint density at radius 2 is 2.04 bits per heavy atom. The fraction of sp³-hybridized carbons (Fsp3) is 0.111. The maximum atomic E-state index is 6.23. The molecule has 0 radical (unpaired) electrons. The Bertz CT molecular complexity index is 941. The molecule has 0 saturated carbocycles. The summed E-state index contributed by atoms with van der Waals surface area (Å²) in [5.41, 5.74) is 9.74. The second-order valence-corrected chi connectivity index (χ2v) is 5.58. The van der Waals surface area contributed by atoms with E-state index in [1.165, 1.54) is 0 Å². The quantitative estimate of drug-likeness (QED) is 0.562. The van der Waals surface area contributed by atoms with E-state index in [0.717, 1.165) is 16.7 Å². The van der Waals surface area contributed by atoms with Gasteiger partial charge in [-0.2, -0.15) is 0 Å². The van der Waals surface area contributed by atoms with E-state index in [2.05, 4.69) is 19.9 Å². The summed E-state index contributed by atoms with van der Waals surface area (Å²) in [5, 5.41) is 0.412. The summed E-state index contributed by atoms with van der Waals surface area (Å²) in [4.78, 5) is 16.7. The smallest absolute Gasteiger partial charge is 0.129 e. The number of hydrogen-bond acceptors (Lipinski definition) is 6. The van der Waals surface area contributed by atoms with E-state index < -0.39 is 0 Å². The molecule has 3 rings (SSSR count). The molecule has 0 spiro atoms.